The highest BCUT2D eigenvalue weighted by Crippen LogP contribution is 2.32. The Morgan fingerprint density at radius 1 is 1.15 bits per heavy atom. The Morgan fingerprint density at radius 2 is 1.85 bits per heavy atom. The molecule has 0 heterocycles. The number of aromatic carboxylic acids is 1. The molecule has 142 valence electrons. The highest BCUT2D eigenvalue weighted by atomic mass is 32.2. The van der Waals surface area contributed by atoms with Gasteiger partial charge in [0.2, 0.25) is 5.76 Å². The SMILES string of the molecule is CO/C=C(/Oc1ccc(F)c(CSc2ccccc2)c1C(=O)O)C(=O)OC. The summed E-state index contributed by atoms with van der Waals surface area (Å²) < 4.78 is 29.0. The summed E-state index contributed by atoms with van der Waals surface area (Å²) in [6.07, 6.45) is 0.971. The summed E-state index contributed by atoms with van der Waals surface area (Å²) >= 11 is 1.28. The zero-order chi connectivity index (χ0) is 19.8. The molecular formula is C19H17FO6S. The number of thioether (sulfide) groups is 1. The Balaban J connectivity index is 2.39. The van der Waals surface area contributed by atoms with Crippen LogP contribution in [0.1, 0.15) is 15.9 Å². The van der Waals surface area contributed by atoms with Crippen molar-refractivity contribution in [1.29, 1.82) is 0 Å². The molecule has 1 N–H and O–H groups in total. The standard InChI is InChI=1S/C19H17FO6S/c1-24-10-16(19(23)25-2)26-15-9-8-14(20)13(17(15)18(21)22)11-27-12-6-4-3-5-7-12/h3-10H,11H2,1-2H3,(H,21,22)/b16-10+. The minimum absolute atomic E-state index is 0.0458. The van der Waals surface area contributed by atoms with Crippen molar-refractivity contribution in [3.8, 4) is 5.75 Å². The molecule has 8 heteroatoms. The van der Waals surface area contributed by atoms with E-state index < -0.39 is 17.8 Å². The number of carboxylic acid groups (broad SMARTS) is 1. The molecule has 0 aliphatic heterocycles. The lowest BCUT2D eigenvalue weighted by Gasteiger charge is -2.14. The van der Waals surface area contributed by atoms with Crippen LogP contribution in [0, 0.1) is 5.82 Å². The zero-order valence-electron chi connectivity index (χ0n) is 14.6. The van der Waals surface area contributed by atoms with E-state index in [1.54, 1.807) is 0 Å². The first-order chi connectivity index (χ1) is 13.0. The average molecular weight is 392 g/mol. The van der Waals surface area contributed by atoms with Crippen molar-refractivity contribution in [2.24, 2.45) is 0 Å². The molecule has 0 aliphatic rings. The summed E-state index contributed by atoms with van der Waals surface area (Å²) in [6.45, 7) is 0. The number of methoxy groups -OCH3 is 2. The lowest BCUT2D eigenvalue weighted by molar-refractivity contribution is -0.138. The molecule has 2 rings (SSSR count). The fraction of sp³-hybridized carbons (Fsp3) is 0.158. The van der Waals surface area contributed by atoms with Crippen LogP contribution in [-0.4, -0.2) is 31.3 Å². The molecule has 0 saturated carbocycles. The number of hydrogen-bond acceptors (Lipinski definition) is 6. The van der Waals surface area contributed by atoms with Crippen molar-refractivity contribution in [2.75, 3.05) is 14.2 Å². The number of rotatable bonds is 8. The van der Waals surface area contributed by atoms with E-state index in [2.05, 4.69) is 4.74 Å². The van der Waals surface area contributed by atoms with Gasteiger partial charge in [0.1, 0.15) is 23.4 Å². The summed E-state index contributed by atoms with van der Waals surface area (Å²) in [5.74, 6) is -3.42. The van der Waals surface area contributed by atoms with Crippen molar-refractivity contribution in [3.63, 3.8) is 0 Å². The van der Waals surface area contributed by atoms with E-state index in [1.807, 2.05) is 30.3 Å². The molecule has 0 aliphatic carbocycles. The quantitative estimate of drug-likeness (QED) is 0.316. The maximum absolute atomic E-state index is 14.3. The minimum Gasteiger partial charge on any atom is -0.500 e. The number of carboxylic acids is 1. The van der Waals surface area contributed by atoms with Crippen molar-refractivity contribution in [2.45, 2.75) is 10.6 Å². The van der Waals surface area contributed by atoms with E-state index in [-0.39, 0.29) is 28.4 Å². The topological polar surface area (TPSA) is 82.1 Å². The monoisotopic (exact) mass is 392 g/mol. The number of esters is 1. The third-order valence-corrected chi connectivity index (χ3v) is 4.43. The fourth-order valence-corrected chi connectivity index (χ4v) is 3.12. The number of hydrogen-bond donors (Lipinski definition) is 1. The molecule has 0 radical (unpaired) electrons. The maximum Gasteiger partial charge on any atom is 0.377 e. The van der Waals surface area contributed by atoms with Crippen molar-refractivity contribution >= 4 is 23.7 Å². The number of benzene rings is 2. The Kier molecular flexibility index (Phi) is 7.25. The zero-order valence-corrected chi connectivity index (χ0v) is 15.4. The van der Waals surface area contributed by atoms with Crippen LogP contribution in [0.15, 0.2) is 59.4 Å². The van der Waals surface area contributed by atoms with Gasteiger partial charge in [-0.05, 0) is 24.3 Å². The van der Waals surface area contributed by atoms with Crippen LogP contribution in [-0.2, 0) is 20.0 Å². The summed E-state index contributed by atoms with van der Waals surface area (Å²) in [6, 6.07) is 11.4. The first kappa shape index (κ1) is 20.3. The summed E-state index contributed by atoms with van der Waals surface area (Å²) in [7, 11) is 2.43. The number of ether oxygens (including phenoxy) is 3. The minimum atomic E-state index is -1.38. The second-order valence-corrected chi connectivity index (χ2v) is 6.17. The van der Waals surface area contributed by atoms with E-state index in [0.717, 1.165) is 30.4 Å². The van der Waals surface area contributed by atoms with Crippen LogP contribution in [0.3, 0.4) is 0 Å². The Labute approximate surface area is 159 Å². The predicted molar refractivity (Wildman–Crippen MR) is 97.1 cm³/mol. The van der Waals surface area contributed by atoms with Crippen molar-refractivity contribution < 1.29 is 33.3 Å². The van der Waals surface area contributed by atoms with E-state index in [9.17, 15) is 19.1 Å². The van der Waals surface area contributed by atoms with Crippen LogP contribution in [0.5, 0.6) is 5.75 Å². The van der Waals surface area contributed by atoms with Gasteiger partial charge in [-0.2, -0.15) is 0 Å². The highest BCUT2D eigenvalue weighted by Gasteiger charge is 2.24. The molecule has 0 aromatic heterocycles. The fourth-order valence-electron chi connectivity index (χ4n) is 2.17. The molecule has 27 heavy (non-hydrogen) atoms. The second-order valence-electron chi connectivity index (χ2n) is 5.12. The summed E-state index contributed by atoms with van der Waals surface area (Å²) in [5.41, 5.74) is -0.417. The van der Waals surface area contributed by atoms with Gasteiger partial charge in [0.25, 0.3) is 0 Å². The number of carbonyl (C=O) groups excluding carboxylic acids is 1. The summed E-state index contributed by atoms with van der Waals surface area (Å²) in [5, 5.41) is 9.58. The molecule has 0 bridgehead atoms. The molecule has 0 spiro atoms. The molecule has 0 saturated heterocycles. The van der Waals surface area contributed by atoms with Gasteiger partial charge in [-0.15, -0.1) is 11.8 Å². The van der Waals surface area contributed by atoms with Gasteiger partial charge >= 0.3 is 11.9 Å². The van der Waals surface area contributed by atoms with Gasteiger partial charge in [-0.25, -0.2) is 14.0 Å². The molecule has 6 nitrogen and oxygen atoms in total. The molecule has 0 unspecified atom stereocenters. The van der Waals surface area contributed by atoms with Crippen molar-refractivity contribution in [1.82, 2.24) is 0 Å². The van der Waals surface area contributed by atoms with Gasteiger partial charge in [0.05, 0.1) is 14.2 Å². The predicted octanol–water partition coefficient (Wildman–Crippen LogP) is 3.86. The van der Waals surface area contributed by atoms with Crippen LogP contribution < -0.4 is 4.74 Å². The number of halogens is 1. The average Bonchev–Trinajstić information content (AvgIpc) is 2.67. The Hall–Kier alpha value is -3.00. The smallest absolute Gasteiger partial charge is 0.377 e. The first-order valence-corrected chi connectivity index (χ1v) is 8.68. The van der Waals surface area contributed by atoms with Crippen molar-refractivity contribution in [3.05, 3.63) is 71.4 Å². The first-order valence-electron chi connectivity index (χ1n) is 7.69. The van der Waals surface area contributed by atoms with E-state index in [1.165, 1.54) is 18.9 Å². The highest BCUT2D eigenvalue weighted by molar-refractivity contribution is 7.98. The molecule has 2 aromatic rings. The third-order valence-electron chi connectivity index (χ3n) is 3.39. The van der Waals surface area contributed by atoms with Gasteiger partial charge in [0, 0.05) is 16.2 Å². The maximum atomic E-state index is 14.3. The molecule has 2 aromatic carbocycles. The largest absolute Gasteiger partial charge is 0.500 e. The lowest BCUT2D eigenvalue weighted by Crippen LogP contribution is -2.14. The van der Waals surface area contributed by atoms with Gasteiger partial charge in [-0.1, -0.05) is 18.2 Å². The van der Waals surface area contributed by atoms with Gasteiger partial charge in [-0.3, -0.25) is 0 Å². The third kappa shape index (κ3) is 5.24. The number of carbonyl (C=O) groups is 2. The molecule has 0 amide bonds. The van der Waals surface area contributed by atoms with Crippen LogP contribution >= 0.6 is 11.8 Å². The molecular weight excluding hydrogens is 375 g/mol. The normalized spacial score (nSPS) is 11.0. The van der Waals surface area contributed by atoms with E-state index in [0.29, 0.717) is 0 Å². The molecule has 0 fully saturated rings. The van der Waals surface area contributed by atoms with Gasteiger partial charge < -0.3 is 19.3 Å². The molecule has 0 atom stereocenters. The Morgan fingerprint density at radius 3 is 2.44 bits per heavy atom. The van der Waals surface area contributed by atoms with Crippen LogP contribution in [0.4, 0.5) is 4.39 Å². The Bertz CT molecular complexity index is 851. The van der Waals surface area contributed by atoms with Crippen LogP contribution in [0.25, 0.3) is 0 Å². The summed E-state index contributed by atoms with van der Waals surface area (Å²) in [4.78, 5) is 24.3. The second kappa shape index (κ2) is 9.63. The van der Waals surface area contributed by atoms with Gasteiger partial charge in [0.15, 0.2) is 0 Å². The van der Waals surface area contributed by atoms with E-state index >= 15 is 0 Å². The lowest BCUT2D eigenvalue weighted by atomic mass is 10.1. The van der Waals surface area contributed by atoms with E-state index in [4.69, 9.17) is 9.47 Å². The van der Waals surface area contributed by atoms with Crippen LogP contribution in [0.2, 0.25) is 0 Å².